The zero-order chi connectivity index (χ0) is 8.55. The Hall–Kier alpha value is -0.420. The third-order valence-electron chi connectivity index (χ3n) is 2.13. The van der Waals surface area contributed by atoms with Crippen LogP contribution in [0.5, 0.6) is 0 Å². The van der Waals surface area contributed by atoms with E-state index in [0.717, 1.165) is 12.3 Å². The molecule has 0 radical (unpaired) electrons. The highest BCUT2D eigenvalue weighted by Gasteiger charge is 2.26. The van der Waals surface area contributed by atoms with Crippen molar-refractivity contribution in [3.05, 3.63) is 36.2 Å². The Morgan fingerprint density at radius 3 is 2.92 bits per heavy atom. The monoisotopic (exact) mass is 289 g/mol. The minimum absolute atomic E-state index is 0. The van der Waals surface area contributed by atoms with Crippen LogP contribution in [0.3, 0.4) is 0 Å². The maximum Gasteiger partial charge on any atom is 0.204 e. The average Bonchev–Trinajstić information content (AvgIpc) is 2.88. The van der Waals surface area contributed by atoms with Gasteiger partial charge in [-0.1, -0.05) is 6.58 Å². The molecule has 1 aromatic rings. The number of aromatic nitrogens is 1. The van der Waals surface area contributed by atoms with E-state index in [1.165, 1.54) is 5.56 Å². The molecule has 1 atom stereocenters. The van der Waals surface area contributed by atoms with Crippen LogP contribution in [0.4, 0.5) is 0 Å². The second kappa shape index (κ2) is 4.19. The molecule has 0 saturated carbocycles. The van der Waals surface area contributed by atoms with E-state index >= 15 is 0 Å². The van der Waals surface area contributed by atoms with Crippen molar-refractivity contribution in [1.82, 2.24) is 0 Å². The summed E-state index contributed by atoms with van der Waals surface area (Å²) in [5.74, 6) is 0. The molecule has 0 aliphatic carbocycles. The van der Waals surface area contributed by atoms with Gasteiger partial charge in [0.25, 0.3) is 0 Å². The predicted molar refractivity (Wildman–Crippen MR) is 46.4 cm³/mol. The first-order chi connectivity index (χ1) is 5.81. The van der Waals surface area contributed by atoms with Crippen molar-refractivity contribution >= 4 is 6.08 Å². The van der Waals surface area contributed by atoms with E-state index in [1.807, 2.05) is 23.9 Å². The third kappa shape index (κ3) is 2.28. The van der Waals surface area contributed by atoms with E-state index in [2.05, 4.69) is 18.7 Å². The predicted octanol–water partition coefficient (Wildman–Crippen LogP) is -1.77. The maximum absolute atomic E-state index is 5.19. The summed E-state index contributed by atoms with van der Waals surface area (Å²) in [6.45, 7) is 4.62. The third-order valence-corrected chi connectivity index (χ3v) is 2.13. The molecule has 2 heterocycles. The van der Waals surface area contributed by atoms with Crippen LogP contribution in [0.1, 0.15) is 17.4 Å². The molecule has 13 heavy (non-hydrogen) atoms. The van der Waals surface area contributed by atoms with E-state index in [1.54, 1.807) is 0 Å². The summed E-state index contributed by atoms with van der Waals surface area (Å²) in [4.78, 5) is 0. The van der Waals surface area contributed by atoms with Crippen molar-refractivity contribution in [1.29, 1.82) is 0 Å². The number of hydrogen-bond acceptors (Lipinski definition) is 1. The molecule has 1 fully saturated rings. The van der Waals surface area contributed by atoms with Gasteiger partial charge in [0.05, 0.1) is 6.61 Å². The molecule has 0 aromatic carbocycles. The minimum Gasteiger partial charge on any atom is -1.00 e. The van der Waals surface area contributed by atoms with Crippen molar-refractivity contribution in [2.24, 2.45) is 7.05 Å². The molecule has 1 aromatic heterocycles. The van der Waals surface area contributed by atoms with Crippen LogP contribution in [0.2, 0.25) is 0 Å². The summed E-state index contributed by atoms with van der Waals surface area (Å²) in [5, 5.41) is 0. The quantitative estimate of drug-likeness (QED) is 0.358. The van der Waals surface area contributed by atoms with Gasteiger partial charge in [-0.15, -0.1) is 0 Å². The van der Waals surface area contributed by atoms with Gasteiger partial charge in [0.2, 0.25) is 5.69 Å². The Bertz CT molecular complexity index is 321. The molecule has 0 bridgehead atoms. The molecule has 0 spiro atoms. The summed E-state index contributed by atoms with van der Waals surface area (Å²) in [6.07, 6.45) is 4.23. The molecule has 2 rings (SSSR count). The van der Waals surface area contributed by atoms with E-state index in [0.29, 0.717) is 6.10 Å². The van der Waals surface area contributed by atoms with Gasteiger partial charge in [0.15, 0.2) is 6.20 Å². The number of aryl methyl sites for hydroxylation is 1. The summed E-state index contributed by atoms with van der Waals surface area (Å²) in [5.41, 5.74) is 2.38. The first-order valence-corrected chi connectivity index (χ1v) is 4.05. The molecule has 70 valence electrons. The smallest absolute Gasteiger partial charge is 0.204 e. The highest BCUT2D eigenvalue weighted by atomic mass is 127. The highest BCUT2D eigenvalue weighted by molar-refractivity contribution is 5.40. The molecular weight excluding hydrogens is 277 g/mol. The average molecular weight is 289 g/mol. The fourth-order valence-corrected chi connectivity index (χ4v) is 1.25. The van der Waals surface area contributed by atoms with Crippen LogP contribution in [0.15, 0.2) is 24.9 Å². The van der Waals surface area contributed by atoms with Gasteiger partial charge in [0, 0.05) is 18.2 Å². The molecule has 0 N–H and O–H groups in total. The topological polar surface area (TPSA) is 16.4 Å². The van der Waals surface area contributed by atoms with Gasteiger partial charge in [-0.25, -0.2) is 4.57 Å². The molecule has 1 aliphatic heterocycles. The number of halogens is 1. The minimum atomic E-state index is 0. The Balaban J connectivity index is 0.000000845. The second-order valence-corrected chi connectivity index (χ2v) is 3.02. The lowest BCUT2D eigenvalue weighted by Gasteiger charge is -1.96. The normalized spacial score (nSPS) is 19.0. The lowest BCUT2D eigenvalue weighted by molar-refractivity contribution is -0.673. The van der Waals surface area contributed by atoms with Gasteiger partial charge in [-0.3, -0.25) is 0 Å². The number of rotatable bonds is 2. The van der Waals surface area contributed by atoms with E-state index in [4.69, 9.17) is 4.74 Å². The Morgan fingerprint density at radius 1 is 1.69 bits per heavy atom. The second-order valence-electron chi connectivity index (χ2n) is 3.02. The number of nitrogens with zero attached hydrogens (tertiary/aromatic N) is 1. The summed E-state index contributed by atoms with van der Waals surface area (Å²) >= 11 is 0. The molecular formula is C10H12INO. The molecule has 2 nitrogen and oxygen atoms in total. The zero-order valence-corrected chi connectivity index (χ0v) is 9.69. The number of ether oxygens (including phenoxy) is 1. The number of pyridine rings is 1. The van der Waals surface area contributed by atoms with Gasteiger partial charge >= 0.3 is 0 Å². The summed E-state index contributed by atoms with van der Waals surface area (Å²) < 4.78 is 7.23. The highest BCUT2D eigenvalue weighted by Crippen LogP contribution is 2.29. The fraction of sp³-hybridized carbons (Fsp3) is 0.300. The zero-order valence-electron chi connectivity index (χ0n) is 7.53. The Kier molecular flexibility index (Phi) is 3.44. The van der Waals surface area contributed by atoms with Crippen LogP contribution in [-0.4, -0.2) is 6.61 Å². The number of hydrogen-bond donors (Lipinski definition) is 0. The molecule has 0 amide bonds. The maximum atomic E-state index is 5.19. The van der Waals surface area contributed by atoms with Crippen molar-refractivity contribution < 1.29 is 33.3 Å². The van der Waals surface area contributed by atoms with Gasteiger partial charge in [-0.2, -0.15) is 0 Å². The summed E-state index contributed by atoms with van der Waals surface area (Å²) in [7, 11) is 2.01. The van der Waals surface area contributed by atoms with Crippen LogP contribution >= 0.6 is 0 Å². The first-order valence-electron chi connectivity index (χ1n) is 4.05. The standard InChI is InChI=1S/C10H12NO.HI/c1-3-9-6-8(10-7-12-10)4-5-11(9)2;/h3-6,10H,1,7H2,2H3;1H/q+1;/p-1. The SMILES string of the molecule is C=Cc1cc(C2CO2)cc[n+]1C.[I-]. The van der Waals surface area contributed by atoms with Crippen LogP contribution in [-0.2, 0) is 11.8 Å². The van der Waals surface area contributed by atoms with Gasteiger partial charge in [-0.05, 0) is 5.56 Å². The van der Waals surface area contributed by atoms with Crippen molar-refractivity contribution in [3.8, 4) is 0 Å². The van der Waals surface area contributed by atoms with Gasteiger partial charge < -0.3 is 28.7 Å². The summed E-state index contributed by atoms with van der Waals surface area (Å²) in [6, 6.07) is 4.20. The fourth-order valence-electron chi connectivity index (χ4n) is 1.25. The largest absolute Gasteiger partial charge is 1.00 e. The van der Waals surface area contributed by atoms with E-state index in [-0.39, 0.29) is 24.0 Å². The molecule has 3 heteroatoms. The van der Waals surface area contributed by atoms with Crippen LogP contribution in [0, 0.1) is 0 Å². The van der Waals surface area contributed by atoms with E-state index < -0.39 is 0 Å². The number of epoxide rings is 1. The van der Waals surface area contributed by atoms with Gasteiger partial charge in [0.1, 0.15) is 13.2 Å². The van der Waals surface area contributed by atoms with Crippen molar-refractivity contribution in [2.45, 2.75) is 6.10 Å². The Labute approximate surface area is 95.2 Å². The lowest BCUT2D eigenvalue weighted by atomic mass is 10.2. The molecule has 1 aliphatic rings. The van der Waals surface area contributed by atoms with E-state index in [9.17, 15) is 0 Å². The first kappa shape index (κ1) is 10.7. The Morgan fingerprint density at radius 2 is 2.38 bits per heavy atom. The van der Waals surface area contributed by atoms with Crippen molar-refractivity contribution in [2.75, 3.05) is 6.61 Å². The van der Waals surface area contributed by atoms with Crippen molar-refractivity contribution in [3.63, 3.8) is 0 Å². The molecule has 1 unspecified atom stereocenters. The van der Waals surface area contributed by atoms with Crippen LogP contribution < -0.4 is 28.5 Å². The van der Waals surface area contributed by atoms with Crippen LogP contribution in [0.25, 0.3) is 6.08 Å². The lowest BCUT2D eigenvalue weighted by Crippen LogP contribution is -3.00. The molecule has 1 saturated heterocycles.